The first-order chi connectivity index (χ1) is 9.06. The quantitative estimate of drug-likeness (QED) is 0.647. The average molecular weight is 264 g/mol. The van der Waals surface area contributed by atoms with Crippen molar-refractivity contribution in [3.05, 3.63) is 33.9 Å². The van der Waals surface area contributed by atoms with Gasteiger partial charge in [0.1, 0.15) is 0 Å². The van der Waals surface area contributed by atoms with E-state index in [0.717, 1.165) is 43.5 Å². The van der Waals surface area contributed by atoms with Crippen LogP contribution in [0.2, 0.25) is 0 Å². The fourth-order valence-corrected chi connectivity index (χ4v) is 2.56. The Morgan fingerprint density at radius 2 is 2.05 bits per heavy atom. The first-order valence-electron chi connectivity index (χ1n) is 6.73. The van der Waals surface area contributed by atoms with E-state index in [1.165, 1.54) is 6.07 Å². The van der Waals surface area contributed by atoms with E-state index in [0.29, 0.717) is 5.92 Å². The number of hydrogen-bond donors (Lipinski definition) is 2. The van der Waals surface area contributed by atoms with E-state index in [-0.39, 0.29) is 16.7 Å². The Hall–Kier alpha value is -1.62. The highest BCUT2D eigenvalue weighted by Crippen LogP contribution is 2.26. The van der Waals surface area contributed by atoms with E-state index in [1.807, 2.05) is 6.92 Å². The van der Waals surface area contributed by atoms with E-state index < -0.39 is 0 Å². The molecule has 2 rings (SSSR count). The number of aliphatic hydroxyl groups is 1. The number of rotatable bonds is 4. The van der Waals surface area contributed by atoms with Gasteiger partial charge in [0.15, 0.2) is 0 Å². The zero-order chi connectivity index (χ0) is 13.8. The fourth-order valence-electron chi connectivity index (χ4n) is 2.56. The molecule has 1 aromatic rings. The van der Waals surface area contributed by atoms with Crippen molar-refractivity contribution in [1.29, 1.82) is 0 Å². The third-order valence-electron chi connectivity index (χ3n) is 3.82. The lowest BCUT2D eigenvalue weighted by atomic mass is 9.87. The highest BCUT2D eigenvalue weighted by atomic mass is 16.6. The number of nitrogens with zero attached hydrogens (tertiary/aromatic N) is 1. The van der Waals surface area contributed by atoms with Crippen molar-refractivity contribution in [2.75, 3.05) is 11.9 Å². The van der Waals surface area contributed by atoms with Crippen LogP contribution in [-0.2, 0) is 0 Å². The zero-order valence-corrected chi connectivity index (χ0v) is 11.1. The van der Waals surface area contributed by atoms with Gasteiger partial charge in [-0.1, -0.05) is 0 Å². The minimum Gasteiger partial charge on any atom is -0.393 e. The van der Waals surface area contributed by atoms with Gasteiger partial charge in [0.05, 0.1) is 11.0 Å². The number of nitrogens with one attached hydrogen (secondary N) is 1. The van der Waals surface area contributed by atoms with Crippen molar-refractivity contribution in [2.45, 2.75) is 38.7 Å². The molecule has 0 amide bonds. The molecule has 19 heavy (non-hydrogen) atoms. The molecule has 0 aliphatic heterocycles. The van der Waals surface area contributed by atoms with Crippen LogP contribution in [0.3, 0.4) is 0 Å². The van der Waals surface area contributed by atoms with Gasteiger partial charge in [0.2, 0.25) is 0 Å². The summed E-state index contributed by atoms with van der Waals surface area (Å²) in [5.41, 5.74) is 1.98. The van der Waals surface area contributed by atoms with E-state index in [9.17, 15) is 15.2 Å². The van der Waals surface area contributed by atoms with E-state index in [2.05, 4.69) is 5.32 Å². The van der Waals surface area contributed by atoms with Crippen LogP contribution in [0, 0.1) is 23.0 Å². The summed E-state index contributed by atoms with van der Waals surface area (Å²) >= 11 is 0. The van der Waals surface area contributed by atoms with Crippen molar-refractivity contribution >= 4 is 11.4 Å². The van der Waals surface area contributed by atoms with E-state index >= 15 is 0 Å². The van der Waals surface area contributed by atoms with Gasteiger partial charge >= 0.3 is 0 Å². The average Bonchev–Trinajstić information content (AvgIpc) is 2.39. The molecule has 0 bridgehead atoms. The molecule has 0 aromatic heterocycles. The summed E-state index contributed by atoms with van der Waals surface area (Å²) in [4.78, 5) is 10.3. The maximum absolute atomic E-state index is 10.7. The number of anilines is 1. The molecule has 1 fully saturated rings. The number of aliphatic hydroxyl groups excluding tert-OH is 1. The standard InChI is InChI=1S/C14H20N2O3/c1-10-8-12(16(18)19)4-7-14(10)15-9-11-2-5-13(17)6-3-11/h4,7-8,11,13,15,17H,2-3,5-6,9H2,1H3. The van der Waals surface area contributed by atoms with Crippen molar-refractivity contribution in [3.8, 4) is 0 Å². The minimum atomic E-state index is -0.376. The topological polar surface area (TPSA) is 75.4 Å². The Labute approximate surface area is 112 Å². The van der Waals surface area contributed by atoms with Crippen molar-refractivity contribution in [3.63, 3.8) is 0 Å². The smallest absolute Gasteiger partial charge is 0.269 e. The molecule has 1 saturated carbocycles. The van der Waals surface area contributed by atoms with Gasteiger partial charge in [-0.05, 0) is 50.2 Å². The number of nitro groups is 1. The molecule has 0 atom stereocenters. The molecule has 0 unspecified atom stereocenters. The Kier molecular flexibility index (Phi) is 4.37. The van der Waals surface area contributed by atoms with Crippen LogP contribution in [-0.4, -0.2) is 22.7 Å². The highest BCUT2D eigenvalue weighted by Gasteiger charge is 2.19. The summed E-state index contributed by atoms with van der Waals surface area (Å²) in [6.45, 7) is 2.74. The lowest BCUT2D eigenvalue weighted by Gasteiger charge is -2.26. The first-order valence-corrected chi connectivity index (χ1v) is 6.73. The second-order valence-corrected chi connectivity index (χ2v) is 5.31. The first kappa shape index (κ1) is 13.8. The molecular weight excluding hydrogens is 244 g/mol. The van der Waals surface area contributed by atoms with Gasteiger partial charge in [-0.25, -0.2) is 0 Å². The van der Waals surface area contributed by atoms with Crippen LogP contribution in [0.5, 0.6) is 0 Å². The van der Waals surface area contributed by atoms with Crippen molar-refractivity contribution < 1.29 is 10.0 Å². The molecule has 1 aliphatic rings. The van der Waals surface area contributed by atoms with Gasteiger partial charge in [-0.3, -0.25) is 10.1 Å². The maximum Gasteiger partial charge on any atom is 0.269 e. The summed E-state index contributed by atoms with van der Waals surface area (Å²) in [7, 11) is 0. The predicted molar refractivity (Wildman–Crippen MR) is 74.3 cm³/mol. The van der Waals surface area contributed by atoms with Gasteiger partial charge in [0.25, 0.3) is 5.69 Å². The number of benzene rings is 1. The van der Waals surface area contributed by atoms with Crippen LogP contribution >= 0.6 is 0 Å². The highest BCUT2D eigenvalue weighted by molar-refractivity contribution is 5.55. The van der Waals surface area contributed by atoms with E-state index in [4.69, 9.17) is 0 Å². The molecule has 1 aromatic carbocycles. The van der Waals surface area contributed by atoms with Gasteiger partial charge in [0, 0.05) is 24.4 Å². The summed E-state index contributed by atoms with van der Waals surface area (Å²) in [6, 6.07) is 4.89. The number of nitro benzene ring substituents is 1. The summed E-state index contributed by atoms with van der Waals surface area (Å²) in [5, 5.41) is 23.5. The maximum atomic E-state index is 10.7. The predicted octanol–water partition coefficient (Wildman–Crippen LogP) is 2.87. The van der Waals surface area contributed by atoms with Crippen LogP contribution in [0.1, 0.15) is 31.2 Å². The second-order valence-electron chi connectivity index (χ2n) is 5.31. The van der Waals surface area contributed by atoms with Crippen molar-refractivity contribution in [2.24, 2.45) is 5.92 Å². The Morgan fingerprint density at radius 3 is 2.63 bits per heavy atom. The molecule has 104 valence electrons. The molecule has 0 saturated heterocycles. The Morgan fingerprint density at radius 1 is 1.37 bits per heavy atom. The van der Waals surface area contributed by atoms with Crippen LogP contribution in [0.25, 0.3) is 0 Å². The molecule has 1 aliphatic carbocycles. The molecular formula is C14H20N2O3. The molecule has 5 nitrogen and oxygen atoms in total. The SMILES string of the molecule is Cc1cc([N+](=O)[O-])ccc1NCC1CCC(O)CC1. The summed E-state index contributed by atoms with van der Waals surface area (Å²) in [5.74, 6) is 0.581. The zero-order valence-electron chi connectivity index (χ0n) is 11.1. The Bertz CT molecular complexity index is 454. The summed E-state index contributed by atoms with van der Waals surface area (Å²) < 4.78 is 0. The lowest BCUT2D eigenvalue weighted by Crippen LogP contribution is -2.23. The third-order valence-corrected chi connectivity index (χ3v) is 3.82. The van der Waals surface area contributed by atoms with Gasteiger partial charge in [-0.15, -0.1) is 0 Å². The van der Waals surface area contributed by atoms with Crippen LogP contribution < -0.4 is 5.32 Å². The summed E-state index contributed by atoms with van der Waals surface area (Å²) in [6.07, 6.45) is 3.72. The normalized spacial score (nSPS) is 23.1. The Balaban J connectivity index is 1.91. The number of non-ortho nitro benzene ring substituents is 1. The van der Waals surface area contributed by atoms with Crippen LogP contribution in [0.15, 0.2) is 18.2 Å². The molecule has 0 spiro atoms. The van der Waals surface area contributed by atoms with Gasteiger partial charge in [-0.2, -0.15) is 0 Å². The molecule has 2 N–H and O–H groups in total. The fraction of sp³-hybridized carbons (Fsp3) is 0.571. The van der Waals surface area contributed by atoms with Gasteiger partial charge < -0.3 is 10.4 Å². The second kappa shape index (κ2) is 6.02. The molecule has 0 radical (unpaired) electrons. The largest absolute Gasteiger partial charge is 0.393 e. The third kappa shape index (κ3) is 3.67. The molecule has 5 heteroatoms. The lowest BCUT2D eigenvalue weighted by molar-refractivity contribution is -0.384. The number of aryl methyl sites for hydroxylation is 1. The minimum absolute atomic E-state index is 0.127. The molecule has 0 heterocycles. The monoisotopic (exact) mass is 264 g/mol. The van der Waals surface area contributed by atoms with Crippen molar-refractivity contribution in [1.82, 2.24) is 0 Å². The van der Waals surface area contributed by atoms with Crippen LogP contribution in [0.4, 0.5) is 11.4 Å². The number of hydrogen-bond acceptors (Lipinski definition) is 4. The van der Waals surface area contributed by atoms with E-state index in [1.54, 1.807) is 12.1 Å².